The summed E-state index contributed by atoms with van der Waals surface area (Å²) >= 11 is 9.36. The van der Waals surface area contributed by atoms with Crippen molar-refractivity contribution in [3.05, 3.63) is 33.8 Å². The van der Waals surface area contributed by atoms with Crippen LogP contribution in [0.5, 0.6) is 0 Å². The molecule has 100 valence electrons. The number of ether oxygens (including phenoxy) is 1. The molecule has 0 saturated heterocycles. The van der Waals surface area contributed by atoms with Gasteiger partial charge in [-0.1, -0.05) is 6.07 Å². The van der Waals surface area contributed by atoms with Gasteiger partial charge in [0.2, 0.25) is 0 Å². The van der Waals surface area contributed by atoms with Crippen LogP contribution < -0.4 is 5.32 Å². The molecule has 0 aliphatic rings. The van der Waals surface area contributed by atoms with Crippen LogP contribution in [0, 0.1) is 6.92 Å². The number of methoxy groups -OCH3 is 1. The first kappa shape index (κ1) is 15.5. The Morgan fingerprint density at radius 1 is 1.56 bits per heavy atom. The van der Waals surface area contributed by atoms with Crippen molar-refractivity contribution in [1.82, 2.24) is 5.32 Å². The molecule has 0 fully saturated rings. The van der Waals surface area contributed by atoms with Crippen LogP contribution in [0.25, 0.3) is 0 Å². The van der Waals surface area contributed by atoms with Gasteiger partial charge in [-0.05, 0) is 47.0 Å². The van der Waals surface area contributed by atoms with Crippen molar-refractivity contribution in [3.8, 4) is 0 Å². The van der Waals surface area contributed by atoms with Crippen molar-refractivity contribution in [2.75, 3.05) is 20.3 Å². The van der Waals surface area contributed by atoms with E-state index < -0.39 is 0 Å². The second-order valence-corrected chi connectivity index (χ2v) is 5.55. The fourth-order valence-electron chi connectivity index (χ4n) is 1.51. The third-order valence-corrected chi connectivity index (χ3v) is 3.46. The monoisotopic (exact) mass is 333 g/mol. The summed E-state index contributed by atoms with van der Waals surface area (Å²) in [5.74, 6) is -0.0943. The zero-order chi connectivity index (χ0) is 13.5. The number of halogens is 2. The van der Waals surface area contributed by atoms with Gasteiger partial charge >= 0.3 is 0 Å². The Kier molecular flexibility index (Phi) is 6.68. The van der Waals surface area contributed by atoms with E-state index in [-0.39, 0.29) is 11.3 Å². The third-order valence-electron chi connectivity index (χ3n) is 2.46. The van der Waals surface area contributed by atoms with Crippen LogP contribution in [0.4, 0.5) is 0 Å². The number of hydrogen-bond acceptors (Lipinski definition) is 2. The Balaban J connectivity index is 2.45. The first-order chi connectivity index (χ1) is 8.54. The van der Waals surface area contributed by atoms with E-state index in [2.05, 4.69) is 21.2 Å². The SMILES string of the molecule is COCC(Cl)CCNC(=O)c1ccc(C)cc1Br. The van der Waals surface area contributed by atoms with E-state index in [0.29, 0.717) is 25.1 Å². The molecule has 18 heavy (non-hydrogen) atoms. The van der Waals surface area contributed by atoms with E-state index in [9.17, 15) is 4.79 Å². The molecule has 0 radical (unpaired) electrons. The minimum Gasteiger partial charge on any atom is -0.383 e. The van der Waals surface area contributed by atoms with Crippen molar-refractivity contribution in [1.29, 1.82) is 0 Å². The van der Waals surface area contributed by atoms with Crippen molar-refractivity contribution in [3.63, 3.8) is 0 Å². The van der Waals surface area contributed by atoms with Crippen LogP contribution >= 0.6 is 27.5 Å². The highest BCUT2D eigenvalue weighted by Crippen LogP contribution is 2.18. The summed E-state index contributed by atoms with van der Waals surface area (Å²) in [7, 11) is 1.61. The van der Waals surface area contributed by atoms with Gasteiger partial charge in [0.05, 0.1) is 17.5 Å². The van der Waals surface area contributed by atoms with Gasteiger partial charge in [-0.25, -0.2) is 0 Å². The predicted octanol–water partition coefficient (Wildman–Crippen LogP) is 3.13. The van der Waals surface area contributed by atoms with E-state index in [1.165, 1.54) is 0 Å². The molecule has 0 heterocycles. The lowest BCUT2D eigenvalue weighted by Crippen LogP contribution is -2.27. The van der Waals surface area contributed by atoms with Gasteiger partial charge in [0, 0.05) is 18.1 Å². The Labute approximate surface area is 121 Å². The van der Waals surface area contributed by atoms with Gasteiger partial charge < -0.3 is 10.1 Å². The maximum Gasteiger partial charge on any atom is 0.252 e. The minimum absolute atomic E-state index is 0.0724. The average Bonchev–Trinajstić information content (AvgIpc) is 2.29. The van der Waals surface area contributed by atoms with Crippen molar-refractivity contribution < 1.29 is 9.53 Å². The average molecular weight is 335 g/mol. The van der Waals surface area contributed by atoms with E-state index >= 15 is 0 Å². The van der Waals surface area contributed by atoms with Gasteiger partial charge in [-0.3, -0.25) is 4.79 Å². The van der Waals surface area contributed by atoms with Crippen LogP contribution in [0.3, 0.4) is 0 Å². The van der Waals surface area contributed by atoms with Crippen LogP contribution in [0.1, 0.15) is 22.3 Å². The van der Waals surface area contributed by atoms with Crippen molar-refractivity contribution in [2.45, 2.75) is 18.7 Å². The number of alkyl halides is 1. The van der Waals surface area contributed by atoms with Crippen LogP contribution in [0.2, 0.25) is 0 Å². The molecular weight excluding hydrogens is 318 g/mol. The quantitative estimate of drug-likeness (QED) is 0.812. The van der Waals surface area contributed by atoms with Crippen LogP contribution in [-0.2, 0) is 4.74 Å². The summed E-state index contributed by atoms with van der Waals surface area (Å²) in [6, 6.07) is 5.64. The number of nitrogens with one attached hydrogen (secondary N) is 1. The lowest BCUT2D eigenvalue weighted by molar-refractivity contribution is 0.0951. The minimum atomic E-state index is -0.0943. The zero-order valence-electron chi connectivity index (χ0n) is 10.5. The maximum atomic E-state index is 11.9. The molecule has 0 spiro atoms. The molecule has 0 saturated carbocycles. The summed E-state index contributed by atoms with van der Waals surface area (Å²) in [5, 5.41) is 2.77. The standard InChI is InChI=1S/C13H17BrClNO2/c1-9-3-4-11(12(14)7-9)13(17)16-6-5-10(15)8-18-2/h3-4,7,10H,5-6,8H2,1-2H3,(H,16,17). The Bertz CT molecular complexity index is 412. The van der Waals surface area contributed by atoms with Crippen LogP contribution in [0.15, 0.2) is 22.7 Å². The fraction of sp³-hybridized carbons (Fsp3) is 0.462. The van der Waals surface area contributed by atoms with Crippen LogP contribution in [-0.4, -0.2) is 31.5 Å². The molecule has 0 aliphatic carbocycles. The van der Waals surface area contributed by atoms with Crippen molar-refractivity contribution in [2.24, 2.45) is 0 Å². The fourth-order valence-corrected chi connectivity index (χ4v) is 2.41. The number of benzene rings is 1. The largest absolute Gasteiger partial charge is 0.383 e. The lowest BCUT2D eigenvalue weighted by atomic mass is 10.1. The third kappa shape index (κ3) is 4.96. The number of carbonyl (C=O) groups is 1. The molecule has 0 bridgehead atoms. The Hall–Kier alpha value is -0.580. The molecule has 1 unspecified atom stereocenters. The van der Waals surface area contributed by atoms with E-state index in [1.54, 1.807) is 7.11 Å². The molecule has 0 aliphatic heterocycles. The highest BCUT2D eigenvalue weighted by Gasteiger charge is 2.10. The lowest BCUT2D eigenvalue weighted by Gasteiger charge is -2.10. The number of carbonyl (C=O) groups excluding carboxylic acids is 1. The molecule has 3 nitrogen and oxygen atoms in total. The molecule has 1 N–H and O–H groups in total. The smallest absolute Gasteiger partial charge is 0.252 e. The summed E-state index contributed by atoms with van der Waals surface area (Å²) in [6.45, 7) is 3.01. The highest BCUT2D eigenvalue weighted by molar-refractivity contribution is 9.10. The molecule has 1 rings (SSSR count). The normalized spacial score (nSPS) is 12.2. The molecule has 0 aromatic heterocycles. The van der Waals surface area contributed by atoms with E-state index in [1.807, 2.05) is 25.1 Å². The topological polar surface area (TPSA) is 38.3 Å². The van der Waals surface area contributed by atoms with Gasteiger partial charge in [0.25, 0.3) is 5.91 Å². The molecular formula is C13H17BrClNO2. The summed E-state index contributed by atoms with van der Waals surface area (Å²) in [5.41, 5.74) is 1.75. The predicted molar refractivity (Wildman–Crippen MR) is 77.3 cm³/mol. The zero-order valence-corrected chi connectivity index (χ0v) is 12.8. The summed E-state index contributed by atoms with van der Waals surface area (Å²) in [6.07, 6.45) is 0.685. The molecule has 1 atom stereocenters. The number of amides is 1. The number of hydrogen-bond donors (Lipinski definition) is 1. The second-order valence-electron chi connectivity index (χ2n) is 4.08. The van der Waals surface area contributed by atoms with E-state index in [0.717, 1.165) is 10.0 Å². The molecule has 5 heteroatoms. The van der Waals surface area contributed by atoms with Gasteiger partial charge in [-0.15, -0.1) is 11.6 Å². The number of aryl methyl sites for hydroxylation is 1. The first-order valence-electron chi connectivity index (χ1n) is 5.72. The molecule has 1 amide bonds. The Morgan fingerprint density at radius 2 is 2.28 bits per heavy atom. The maximum absolute atomic E-state index is 11.9. The van der Waals surface area contributed by atoms with E-state index in [4.69, 9.17) is 16.3 Å². The second kappa shape index (κ2) is 7.77. The number of rotatable bonds is 6. The van der Waals surface area contributed by atoms with Gasteiger partial charge in [0.15, 0.2) is 0 Å². The van der Waals surface area contributed by atoms with Gasteiger partial charge in [0.1, 0.15) is 0 Å². The first-order valence-corrected chi connectivity index (χ1v) is 6.95. The summed E-state index contributed by atoms with van der Waals surface area (Å²) < 4.78 is 5.73. The Morgan fingerprint density at radius 3 is 2.89 bits per heavy atom. The summed E-state index contributed by atoms with van der Waals surface area (Å²) in [4.78, 5) is 11.9. The van der Waals surface area contributed by atoms with Crippen molar-refractivity contribution >= 4 is 33.4 Å². The van der Waals surface area contributed by atoms with Gasteiger partial charge in [-0.2, -0.15) is 0 Å². The molecule has 1 aromatic carbocycles. The molecule has 1 aromatic rings. The highest BCUT2D eigenvalue weighted by atomic mass is 79.9.